The van der Waals surface area contributed by atoms with Crippen LogP contribution in [0.5, 0.6) is 0 Å². The van der Waals surface area contributed by atoms with Gasteiger partial charge in [0.25, 0.3) is 0 Å². The molecule has 5 heteroatoms. The van der Waals surface area contributed by atoms with Gasteiger partial charge in [0, 0.05) is 13.1 Å². The first-order valence-electron chi connectivity index (χ1n) is 6.33. The van der Waals surface area contributed by atoms with Crippen LogP contribution in [0.2, 0.25) is 0 Å². The number of hydrogen-bond donors (Lipinski definition) is 1. The third-order valence-corrected chi connectivity index (χ3v) is 3.94. The molecule has 2 unspecified atom stereocenters. The zero-order valence-corrected chi connectivity index (χ0v) is 10.9. The van der Waals surface area contributed by atoms with E-state index in [-0.39, 0.29) is 12.6 Å². The largest absolute Gasteiger partial charge is 0.395 e. The van der Waals surface area contributed by atoms with E-state index in [0.717, 1.165) is 24.7 Å². The topological polar surface area (TPSA) is 54.2 Å². The number of likely N-dealkylation sites (tertiary alicyclic amines) is 1. The van der Waals surface area contributed by atoms with Crippen LogP contribution < -0.4 is 0 Å². The summed E-state index contributed by atoms with van der Waals surface area (Å²) >= 11 is 0. The SMILES string of the molecule is Cc1nnc(CN2CCCC(C)C2CO)n1C. The fourth-order valence-electron chi connectivity index (χ4n) is 2.60. The lowest BCUT2D eigenvalue weighted by Crippen LogP contribution is -2.46. The number of piperidine rings is 1. The first-order valence-corrected chi connectivity index (χ1v) is 6.33. The molecule has 2 rings (SSSR count). The number of aliphatic hydroxyl groups is 1. The van der Waals surface area contributed by atoms with E-state index in [4.69, 9.17) is 0 Å². The fraction of sp³-hybridized carbons (Fsp3) is 0.833. The molecule has 1 aromatic rings. The molecule has 1 aromatic heterocycles. The van der Waals surface area contributed by atoms with Gasteiger partial charge in [-0.05, 0) is 32.2 Å². The molecule has 0 aliphatic carbocycles. The maximum Gasteiger partial charge on any atom is 0.146 e. The van der Waals surface area contributed by atoms with Gasteiger partial charge >= 0.3 is 0 Å². The van der Waals surface area contributed by atoms with Crippen LogP contribution in [0.3, 0.4) is 0 Å². The fourth-order valence-corrected chi connectivity index (χ4v) is 2.60. The molecule has 96 valence electrons. The predicted molar refractivity (Wildman–Crippen MR) is 65.4 cm³/mol. The Labute approximate surface area is 102 Å². The second-order valence-electron chi connectivity index (χ2n) is 5.06. The average molecular weight is 238 g/mol. The van der Waals surface area contributed by atoms with Gasteiger partial charge in [0.2, 0.25) is 0 Å². The molecule has 1 aliphatic rings. The van der Waals surface area contributed by atoms with Gasteiger partial charge < -0.3 is 9.67 Å². The molecule has 0 bridgehead atoms. The van der Waals surface area contributed by atoms with Crippen LogP contribution in [0.25, 0.3) is 0 Å². The smallest absolute Gasteiger partial charge is 0.146 e. The predicted octanol–water partition coefficient (Wildman–Crippen LogP) is 0.716. The van der Waals surface area contributed by atoms with Crippen molar-refractivity contribution in [3.05, 3.63) is 11.6 Å². The van der Waals surface area contributed by atoms with Crippen molar-refractivity contribution in [1.29, 1.82) is 0 Å². The van der Waals surface area contributed by atoms with Crippen LogP contribution in [0.4, 0.5) is 0 Å². The maximum atomic E-state index is 9.50. The van der Waals surface area contributed by atoms with Gasteiger partial charge in [-0.1, -0.05) is 6.92 Å². The standard InChI is InChI=1S/C12H22N4O/c1-9-5-4-6-16(11(9)8-17)7-12-14-13-10(2)15(12)3/h9,11,17H,4-8H2,1-3H3. The van der Waals surface area contributed by atoms with Gasteiger partial charge in [0.05, 0.1) is 13.2 Å². The summed E-state index contributed by atoms with van der Waals surface area (Å²) in [5.74, 6) is 2.48. The van der Waals surface area contributed by atoms with Crippen molar-refractivity contribution in [1.82, 2.24) is 19.7 Å². The van der Waals surface area contributed by atoms with Crippen molar-refractivity contribution < 1.29 is 5.11 Å². The lowest BCUT2D eigenvalue weighted by Gasteiger charge is -2.38. The van der Waals surface area contributed by atoms with Gasteiger partial charge in [-0.3, -0.25) is 4.90 Å². The van der Waals surface area contributed by atoms with E-state index in [0.29, 0.717) is 5.92 Å². The summed E-state index contributed by atoms with van der Waals surface area (Å²) in [7, 11) is 1.99. The molecule has 0 radical (unpaired) electrons. The van der Waals surface area contributed by atoms with Crippen molar-refractivity contribution in [3.63, 3.8) is 0 Å². The molecule has 17 heavy (non-hydrogen) atoms. The molecule has 1 N–H and O–H groups in total. The summed E-state index contributed by atoms with van der Waals surface area (Å²) in [5, 5.41) is 17.8. The third-order valence-electron chi connectivity index (χ3n) is 3.94. The summed E-state index contributed by atoms with van der Waals surface area (Å²) in [4.78, 5) is 2.33. The van der Waals surface area contributed by atoms with Crippen LogP contribution in [0.15, 0.2) is 0 Å². The first kappa shape index (κ1) is 12.5. The van der Waals surface area contributed by atoms with Crippen molar-refractivity contribution in [3.8, 4) is 0 Å². The van der Waals surface area contributed by atoms with Crippen molar-refractivity contribution in [2.45, 2.75) is 39.3 Å². The van der Waals surface area contributed by atoms with Gasteiger partial charge in [0.15, 0.2) is 0 Å². The van der Waals surface area contributed by atoms with Crippen LogP contribution in [-0.2, 0) is 13.6 Å². The molecule has 1 aliphatic heterocycles. The number of aryl methyl sites for hydroxylation is 1. The van der Waals surface area contributed by atoms with Crippen LogP contribution in [0.1, 0.15) is 31.4 Å². The Morgan fingerprint density at radius 3 is 2.76 bits per heavy atom. The molecule has 1 saturated heterocycles. The van der Waals surface area contributed by atoms with Gasteiger partial charge in [-0.2, -0.15) is 0 Å². The minimum absolute atomic E-state index is 0.234. The Hall–Kier alpha value is -0.940. The average Bonchev–Trinajstić information content (AvgIpc) is 2.61. The summed E-state index contributed by atoms with van der Waals surface area (Å²) < 4.78 is 2.02. The Morgan fingerprint density at radius 1 is 1.41 bits per heavy atom. The number of aliphatic hydroxyl groups excluding tert-OH is 1. The van der Waals surface area contributed by atoms with E-state index in [1.54, 1.807) is 0 Å². The zero-order chi connectivity index (χ0) is 12.4. The Bertz CT molecular complexity index is 377. The van der Waals surface area contributed by atoms with E-state index in [2.05, 4.69) is 22.0 Å². The summed E-state index contributed by atoms with van der Waals surface area (Å²) in [5.41, 5.74) is 0. The zero-order valence-electron chi connectivity index (χ0n) is 10.9. The lowest BCUT2D eigenvalue weighted by molar-refractivity contribution is 0.0447. The highest BCUT2D eigenvalue weighted by Gasteiger charge is 2.28. The Kier molecular flexibility index (Phi) is 3.79. The molecule has 0 amide bonds. The molecule has 0 spiro atoms. The Morgan fingerprint density at radius 2 is 2.18 bits per heavy atom. The molecule has 5 nitrogen and oxygen atoms in total. The minimum atomic E-state index is 0.234. The second kappa shape index (κ2) is 5.14. The van der Waals surface area contributed by atoms with Crippen LogP contribution in [-0.4, -0.2) is 44.0 Å². The molecule has 2 heterocycles. The molecule has 0 saturated carbocycles. The van der Waals surface area contributed by atoms with Gasteiger partial charge in [0.1, 0.15) is 11.6 Å². The monoisotopic (exact) mass is 238 g/mol. The number of hydrogen-bond acceptors (Lipinski definition) is 4. The number of rotatable bonds is 3. The third kappa shape index (κ3) is 2.50. The van der Waals surface area contributed by atoms with Crippen molar-refractivity contribution in [2.24, 2.45) is 13.0 Å². The summed E-state index contributed by atoms with van der Waals surface area (Å²) in [6, 6.07) is 0.265. The van der Waals surface area contributed by atoms with E-state index < -0.39 is 0 Å². The Balaban J connectivity index is 2.09. The second-order valence-corrected chi connectivity index (χ2v) is 5.06. The van der Waals surface area contributed by atoms with Crippen molar-refractivity contribution in [2.75, 3.05) is 13.2 Å². The maximum absolute atomic E-state index is 9.50. The van der Waals surface area contributed by atoms with E-state index in [9.17, 15) is 5.11 Å². The minimum Gasteiger partial charge on any atom is -0.395 e. The number of nitrogens with zero attached hydrogens (tertiary/aromatic N) is 4. The van der Waals surface area contributed by atoms with Gasteiger partial charge in [-0.25, -0.2) is 0 Å². The van der Waals surface area contributed by atoms with E-state index in [1.807, 2.05) is 18.5 Å². The van der Waals surface area contributed by atoms with Crippen molar-refractivity contribution >= 4 is 0 Å². The molecular formula is C12H22N4O. The highest BCUT2D eigenvalue weighted by Crippen LogP contribution is 2.24. The quantitative estimate of drug-likeness (QED) is 0.843. The molecular weight excluding hydrogens is 216 g/mol. The molecule has 2 atom stereocenters. The molecule has 1 fully saturated rings. The highest BCUT2D eigenvalue weighted by atomic mass is 16.3. The van der Waals surface area contributed by atoms with Gasteiger partial charge in [-0.15, -0.1) is 10.2 Å². The highest BCUT2D eigenvalue weighted by molar-refractivity contribution is 4.94. The number of aromatic nitrogens is 3. The lowest BCUT2D eigenvalue weighted by atomic mass is 9.91. The first-order chi connectivity index (χ1) is 8.13. The van der Waals surface area contributed by atoms with Crippen LogP contribution >= 0.6 is 0 Å². The molecule has 0 aromatic carbocycles. The summed E-state index contributed by atoms with van der Waals surface area (Å²) in [6.07, 6.45) is 2.41. The summed E-state index contributed by atoms with van der Waals surface area (Å²) in [6.45, 7) is 6.24. The van der Waals surface area contributed by atoms with Crippen LogP contribution in [0, 0.1) is 12.8 Å². The normalized spacial score (nSPS) is 26.4. The van der Waals surface area contributed by atoms with E-state index >= 15 is 0 Å². The van der Waals surface area contributed by atoms with E-state index in [1.165, 1.54) is 12.8 Å².